The van der Waals surface area contributed by atoms with E-state index in [4.69, 9.17) is 0 Å². The van der Waals surface area contributed by atoms with E-state index < -0.39 is 11.7 Å². The van der Waals surface area contributed by atoms with Crippen LogP contribution in [0, 0.1) is 45.3 Å². The van der Waals surface area contributed by atoms with Crippen molar-refractivity contribution in [1.29, 1.82) is 21.0 Å². The number of benzene rings is 8. The molecule has 0 amide bonds. The van der Waals surface area contributed by atoms with E-state index in [0.29, 0.717) is 22.5 Å². The summed E-state index contributed by atoms with van der Waals surface area (Å²) in [6.45, 7) is 0. The van der Waals surface area contributed by atoms with Crippen LogP contribution in [0.5, 0.6) is 0 Å². The molecule has 6 nitrogen and oxygen atoms in total. The number of hydrogen-bond donors (Lipinski definition) is 0. The van der Waals surface area contributed by atoms with Crippen LogP contribution in [0.1, 0.15) is 27.8 Å². The molecule has 2 aromatic heterocycles. The Labute approximate surface area is 352 Å². The van der Waals surface area contributed by atoms with Gasteiger partial charge in [-0.05, 0) is 101 Å². The minimum absolute atomic E-state index is 0.00228. The molecule has 0 radical (unpaired) electrons. The van der Waals surface area contributed by atoms with E-state index in [1.54, 1.807) is 24.3 Å². The molecular formula is C53H27F3N6. The second-order valence-corrected chi connectivity index (χ2v) is 14.9. The highest BCUT2D eigenvalue weighted by atomic mass is 19.4. The molecule has 62 heavy (non-hydrogen) atoms. The van der Waals surface area contributed by atoms with E-state index in [-0.39, 0.29) is 22.3 Å². The molecule has 0 saturated heterocycles. The zero-order valence-corrected chi connectivity index (χ0v) is 32.4. The molecule has 0 N–H and O–H groups in total. The molecule has 10 aromatic rings. The average Bonchev–Trinajstić information content (AvgIpc) is 3.82. The molecule has 290 valence electrons. The fourth-order valence-corrected chi connectivity index (χ4v) is 8.69. The second kappa shape index (κ2) is 14.4. The molecule has 10 rings (SSSR count). The van der Waals surface area contributed by atoms with Gasteiger partial charge in [0.25, 0.3) is 0 Å². The SMILES string of the molecule is N#Cc1cccc(-c2ccc3c4ccccc4n(-c4cc(C#N)c(-c5ccc(C#N)cc5C(F)(F)F)cc4-n4c5ccccc5c5ccc(-c6cccc(C#N)c6)cc54)c3c2)c1. The third-order valence-electron chi connectivity index (χ3n) is 11.5. The molecular weight excluding hydrogens is 778 g/mol. The molecule has 9 heteroatoms. The minimum atomic E-state index is -4.85. The normalized spacial score (nSPS) is 11.4. The molecule has 2 heterocycles. The molecule has 0 aliphatic rings. The molecule has 0 aliphatic heterocycles. The smallest absolute Gasteiger partial charge is 0.307 e. The van der Waals surface area contributed by atoms with Gasteiger partial charge in [-0.1, -0.05) is 91.0 Å². The number of hydrogen-bond acceptors (Lipinski definition) is 4. The van der Waals surface area contributed by atoms with Crippen molar-refractivity contribution >= 4 is 43.6 Å². The Bertz CT molecular complexity index is 3690. The van der Waals surface area contributed by atoms with Crippen molar-refractivity contribution in [2.75, 3.05) is 0 Å². The lowest BCUT2D eigenvalue weighted by atomic mass is 9.92. The first-order valence-electron chi connectivity index (χ1n) is 19.5. The molecule has 0 bridgehead atoms. The first kappa shape index (κ1) is 37.4. The highest BCUT2D eigenvalue weighted by Gasteiger charge is 2.35. The summed E-state index contributed by atoms with van der Waals surface area (Å²) in [4.78, 5) is 0. The number of alkyl halides is 3. The van der Waals surface area contributed by atoms with Gasteiger partial charge in [-0.3, -0.25) is 0 Å². The number of nitrogens with zero attached hydrogens (tertiary/aromatic N) is 6. The number of para-hydroxylation sites is 2. The Hall–Kier alpha value is -8.89. The maximum Gasteiger partial charge on any atom is 0.417 e. The maximum absolute atomic E-state index is 15.0. The van der Waals surface area contributed by atoms with E-state index in [1.165, 1.54) is 12.1 Å². The molecule has 0 fully saturated rings. The predicted octanol–water partition coefficient (Wildman–Crippen LogP) is 13.4. The first-order valence-corrected chi connectivity index (χ1v) is 19.5. The zero-order chi connectivity index (χ0) is 42.7. The topological polar surface area (TPSA) is 105 Å². The number of nitriles is 4. The summed E-state index contributed by atoms with van der Waals surface area (Å²) in [5, 5.41) is 43.6. The van der Waals surface area contributed by atoms with Crippen LogP contribution in [0.3, 0.4) is 0 Å². The predicted molar refractivity (Wildman–Crippen MR) is 235 cm³/mol. The van der Waals surface area contributed by atoms with Gasteiger partial charge in [-0.15, -0.1) is 0 Å². The van der Waals surface area contributed by atoms with Gasteiger partial charge < -0.3 is 9.13 Å². The van der Waals surface area contributed by atoms with Crippen LogP contribution in [-0.2, 0) is 6.18 Å². The van der Waals surface area contributed by atoms with Crippen LogP contribution in [0.15, 0.2) is 164 Å². The Morgan fingerprint density at radius 3 is 1.34 bits per heavy atom. The Kier molecular flexibility index (Phi) is 8.70. The van der Waals surface area contributed by atoms with Crippen molar-refractivity contribution in [3.63, 3.8) is 0 Å². The number of fused-ring (bicyclic) bond motifs is 6. The van der Waals surface area contributed by atoms with E-state index in [0.717, 1.165) is 71.9 Å². The maximum atomic E-state index is 15.0. The summed E-state index contributed by atoms with van der Waals surface area (Å²) in [6, 6.07) is 57.5. The van der Waals surface area contributed by atoms with Crippen molar-refractivity contribution < 1.29 is 13.2 Å². The standard InChI is InChI=1S/C53H27F3N6/c54-53(55,56)46-23-34(30-59)15-18-40(46)45-27-52(62-48-14-4-2-12-42(48)44-20-17-38(25-50(44)62)36-10-6-8-33(22-36)29-58)51(26-39(45)31-60)61-47-13-3-1-11-41(47)43-19-16-37(24-49(43)61)35-9-5-7-32(21-35)28-57/h1-27H. The van der Waals surface area contributed by atoms with Gasteiger partial charge in [0, 0.05) is 27.1 Å². The fourth-order valence-electron chi connectivity index (χ4n) is 8.69. The van der Waals surface area contributed by atoms with Gasteiger partial charge in [0.1, 0.15) is 0 Å². The lowest BCUT2D eigenvalue weighted by Crippen LogP contribution is -2.10. The second-order valence-electron chi connectivity index (χ2n) is 14.9. The molecule has 0 atom stereocenters. The number of halogens is 3. The molecule has 0 unspecified atom stereocenters. The summed E-state index contributed by atoms with van der Waals surface area (Å²) in [7, 11) is 0. The van der Waals surface area contributed by atoms with Crippen LogP contribution in [0.4, 0.5) is 13.2 Å². The highest BCUT2D eigenvalue weighted by Crippen LogP contribution is 2.45. The van der Waals surface area contributed by atoms with Crippen molar-refractivity contribution in [2.24, 2.45) is 0 Å². The van der Waals surface area contributed by atoms with Gasteiger partial charge in [0.15, 0.2) is 0 Å². The van der Waals surface area contributed by atoms with Gasteiger partial charge in [0.2, 0.25) is 0 Å². The van der Waals surface area contributed by atoms with E-state index in [2.05, 4.69) is 18.2 Å². The zero-order valence-electron chi connectivity index (χ0n) is 32.4. The van der Waals surface area contributed by atoms with Gasteiger partial charge in [-0.25, -0.2) is 0 Å². The fraction of sp³-hybridized carbons (Fsp3) is 0.0189. The van der Waals surface area contributed by atoms with Crippen molar-refractivity contribution in [3.05, 3.63) is 192 Å². The van der Waals surface area contributed by atoms with Crippen LogP contribution in [-0.4, -0.2) is 9.13 Å². The third-order valence-corrected chi connectivity index (χ3v) is 11.5. The van der Waals surface area contributed by atoms with Gasteiger partial charge >= 0.3 is 6.18 Å². The quantitative estimate of drug-likeness (QED) is 0.173. The van der Waals surface area contributed by atoms with Crippen LogP contribution >= 0.6 is 0 Å². The summed E-state index contributed by atoms with van der Waals surface area (Å²) >= 11 is 0. The van der Waals surface area contributed by atoms with Crippen LogP contribution in [0.2, 0.25) is 0 Å². The summed E-state index contributed by atoms with van der Waals surface area (Å²) in [5.74, 6) is 0. The summed E-state index contributed by atoms with van der Waals surface area (Å²) in [5.41, 5.74) is 7.01. The van der Waals surface area contributed by atoms with Crippen LogP contribution in [0.25, 0.3) is 88.4 Å². The van der Waals surface area contributed by atoms with Crippen molar-refractivity contribution in [2.45, 2.75) is 6.18 Å². The number of rotatable bonds is 5. The lowest BCUT2D eigenvalue weighted by Gasteiger charge is -2.21. The summed E-state index contributed by atoms with van der Waals surface area (Å²) in [6.07, 6.45) is -4.85. The van der Waals surface area contributed by atoms with Crippen LogP contribution < -0.4 is 0 Å². The summed E-state index contributed by atoms with van der Waals surface area (Å²) < 4.78 is 49.0. The largest absolute Gasteiger partial charge is 0.417 e. The molecule has 0 aliphatic carbocycles. The van der Waals surface area contributed by atoms with E-state index in [1.807, 2.05) is 137 Å². The Morgan fingerprint density at radius 1 is 0.371 bits per heavy atom. The molecule has 0 saturated carbocycles. The molecule has 8 aromatic carbocycles. The highest BCUT2D eigenvalue weighted by molar-refractivity contribution is 6.13. The molecule has 0 spiro atoms. The van der Waals surface area contributed by atoms with Crippen molar-refractivity contribution in [3.8, 4) is 69.0 Å². The Morgan fingerprint density at radius 2 is 0.839 bits per heavy atom. The lowest BCUT2D eigenvalue weighted by molar-refractivity contribution is -0.137. The van der Waals surface area contributed by atoms with E-state index in [9.17, 15) is 34.2 Å². The number of aromatic nitrogens is 2. The Balaban J connectivity index is 1.37. The average molecular weight is 805 g/mol. The van der Waals surface area contributed by atoms with E-state index >= 15 is 0 Å². The van der Waals surface area contributed by atoms with Gasteiger partial charge in [-0.2, -0.15) is 34.2 Å². The monoisotopic (exact) mass is 804 g/mol. The first-order chi connectivity index (χ1) is 30.2. The third kappa shape index (κ3) is 6.01. The minimum Gasteiger partial charge on any atom is -0.307 e. The van der Waals surface area contributed by atoms with Crippen molar-refractivity contribution in [1.82, 2.24) is 9.13 Å². The van der Waals surface area contributed by atoms with Gasteiger partial charge in [0.05, 0.1) is 85.5 Å².